The second-order valence-corrected chi connectivity index (χ2v) is 7.86. The molecule has 2 heteroatoms. The van der Waals surface area contributed by atoms with Gasteiger partial charge < -0.3 is 5.11 Å². The minimum Gasteiger partial charge on any atom is -0.481 e. The molecule has 0 amide bonds. The van der Waals surface area contributed by atoms with Gasteiger partial charge in [-0.3, -0.25) is 4.79 Å². The highest BCUT2D eigenvalue weighted by atomic mass is 16.4. The maximum Gasteiger partial charge on any atom is 0.310 e. The number of aliphatic carboxylic acids is 1. The highest BCUT2D eigenvalue weighted by Gasteiger charge is 2.21. The number of aryl methyl sites for hydroxylation is 1. The van der Waals surface area contributed by atoms with Crippen molar-refractivity contribution in [2.24, 2.45) is 0 Å². The molecule has 0 aliphatic rings. The van der Waals surface area contributed by atoms with Gasteiger partial charge in [-0.15, -0.1) is 0 Å². The second kappa shape index (κ2) is 13.8. The molecular weight excluding hydrogens is 320 g/mol. The average Bonchev–Trinajstić information content (AvgIpc) is 2.62. The number of carboxylic acid groups (broad SMARTS) is 1. The van der Waals surface area contributed by atoms with E-state index in [9.17, 15) is 9.90 Å². The zero-order valence-corrected chi connectivity index (χ0v) is 17.4. The van der Waals surface area contributed by atoms with Gasteiger partial charge in [0.05, 0.1) is 5.92 Å². The van der Waals surface area contributed by atoms with E-state index in [0.29, 0.717) is 0 Å². The van der Waals surface area contributed by atoms with Crippen LogP contribution in [0.5, 0.6) is 0 Å². The van der Waals surface area contributed by atoms with Gasteiger partial charge in [0.25, 0.3) is 0 Å². The molecule has 0 radical (unpaired) electrons. The molecule has 0 saturated carbocycles. The van der Waals surface area contributed by atoms with Gasteiger partial charge in [0, 0.05) is 0 Å². The van der Waals surface area contributed by atoms with E-state index in [0.717, 1.165) is 30.4 Å². The highest BCUT2D eigenvalue weighted by Crippen LogP contribution is 2.27. The molecule has 0 bridgehead atoms. The monoisotopic (exact) mass is 360 g/mol. The van der Waals surface area contributed by atoms with Crippen LogP contribution in [0.2, 0.25) is 0 Å². The van der Waals surface area contributed by atoms with Crippen molar-refractivity contribution in [2.75, 3.05) is 0 Å². The first-order valence-electron chi connectivity index (χ1n) is 10.9. The number of hydrogen-bond donors (Lipinski definition) is 1. The molecule has 0 saturated heterocycles. The van der Waals surface area contributed by atoms with Crippen LogP contribution >= 0.6 is 0 Å². The van der Waals surface area contributed by atoms with Crippen LogP contribution in [0.1, 0.15) is 113 Å². The summed E-state index contributed by atoms with van der Waals surface area (Å²) in [5, 5.41) is 9.62. The summed E-state index contributed by atoms with van der Waals surface area (Å²) < 4.78 is 0. The molecule has 1 rings (SSSR count). The molecule has 0 spiro atoms. The highest BCUT2D eigenvalue weighted by molar-refractivity contribution is 5.76. The lowest BCUT2D eigenvalue weighted by Crippen LogP contribution is -2.13. The van der Waals surface area contributed by atoms with Crippen LogP contribution in [0.4, 0.5) is 0 Å². The van der Waals surface area contributed by atoms with Gasteiger partial charge in [0.1, 0.15) is 0 Å². The molecule has 0 aliphatic carbocycles. The van der Waals surface area contributed by atoms with Crippen LogP contribution in [0, 0.1) is 13.8 Å². The average molecular weight is 361 g/mol. The fraction of sp³-hybridized carbons (Fsp3) is 0.708. The molecule has 1 aromatic carbocycles. The van der Waals surface area contributed by atoms with Gasteiger partial charge in [0.2, 0.25) is 0 Å². The predicted octanol–water partition coefficient (Wildman–Crippen LogP) is 7.56. The minimum atomic E-state index is -0.679. The van der Waals surface area contributed by atoms with Crippen LogP contribution in [-0.4, -0.2) is 11.1 Å². The van der Waals surface area contributed by atoms with E-state index < -0.39 is 5.97 Å². The minimum absolute atomic E-state index is 0.349. The van der Waals surface area contributed by atoms with Gasteiger partial charge in [0.15, 0.2) is 0 Å². The molecule has 26 heavy (non-hydrogen) atoms. The zero-order chi connectivity index (χ0) is 19.2. The Bertz CT molecular complexity index is 507. The maximum atomic E-state index is 11.7. The Kier molecular flexibility index (Phi) is 12.1. The first kappa shape index (κ1) is 22.7. The summed E-state index contributed by atoms with van der Waals surface area (Å²) in [6.45, 7) is 6.37. The van der Waals surface area contributed by atoms with E-state index in [1.807, 2.05) is 19.1 Å². The largest absolute Gasteiger partial charge is 0.481 e. The van der Waals surface area contributed by atoms with E-state index in [2.05, 4.69) is 19.9 Å². The molecule has 0 fully saturated rings. The zero-order valence-electron chi connectivity index (χ0n) is 17.4. The Hall–Kier alpha value is -1.31. The lowest BCUT2D eigenvalue weighted by molar-refractivity contribution is -0.139. The lowest BCUT2D eigenvalue weighted by atomic mass is 9.88. The van der Waals surface area contributed by atoms with E-state index in [-0.39, 0.29) is 5.92 Å². The number of unbranched alkanes of at least 4 members (excludes halogenated alkanes) is 11. The number of rotatable bonds is 15. The lowest BCUT2D eigenvalue weighted by Gasteiger charge is -2.16. The Labute approximate surface area is 161 Å². The quantitative estimate of drug-likeness (QED) is 0.328. The summed E-state index contributed by atoms with van der Waals surface area (Å²) in [7, 11) is 0. The van der Waals surface area contributed by atoms with Crippen LogP contribution in [-0.2, 0) is 4.79 Å². The van der Waals surface area contributed by atoms with E-state index in [4.69, 9.17) is 0 Å². The summed E-state index contributed by atoms with van der Waals surface area (Å²) in [4.78, 5) is 11.7. The van der Waals surface area contributed by atoms with Crippen molar-refractivity contribution in [3.63, 3.8) is 0 Å². The van der Waals surface area contributed by atoms with Crippen LogP contribution < -0.4 is 0 Å². The van der Waals surface area contributed by atoms with Crippen molar-refractivity contribution in [1.29, 1.82) is 0 Å². The van der Waals surface area contributed by atoms with Crippen LogP contribution in [0.25, 0.3) is 0 Å². The topological polar surface area (TPSA) is 37.3 Å². The molecule has 1 aromatic rings. The Morgan fingerprint density at radius 3 is 1.85 bits per heavy atom. The molecule has 0 heterocycles. The summed E-state index contributed by atoms with van der Waals surface area (Å²) in [5.74, 6) is -1.03. The molecule has 1 atom stereocenters. The van der Waals surface area contributed by atoms with Gasteiger partial charge in [-0.25, -0.2) is 0 Å². The maximum absolute atomic E-state index is 11.7. The molecule has 1 N–H and O–H groups in total. The van der Waals surface area contributed by atoms with E-state index in [1.165, 1.54) is 69.8 Å². The van der Waals surface area contributed by atoms with E-state index >= 15 is 0 Å². The number of carboxylic acids is 1. The normalized spacial score (nSPS) is 12.3. The summed E-state index contributed by atoms with van der Waals surface area (Å²) in [6, 6.07) is 6.03. The fourth-order valence-electron chi connectivity index (χ4n) is 3.75. The summed E-state index contributed by atoms with van der Waals surface area (Å²) in [5.41, 5.74) is 3.32. The molecule has 0 aromatic heterocycles. The van der Waals surface area contributed by atoms with Crippen LogP contribution in [0.15, 0.2) is 18.2 Å². The standard InChI is InChI=1S/C24H40O2/c1-4-5-6-7-8-9-10-11-12-13-14-15-18-23(24(25)26)22-19-16-17-20(2)21(22)3/h16-17,19,23H,4-15,18H2,1-3H3,(H,25,26). The van der Waals surface area contributed by atoms with Crippen molar-refractivity contribution >= 4 is 5.97 Å². The van der Waals surface area contributed by atoms with Gasteiger partial charge in [-0.1, -0.05) is 102 Å². The fourth-order valence-corrected chi connectivity index (χ4v) is 3.75. The molecule has 1 unspecified atom stereocenters. The third-order valence-corrected chi connectivity index (χ3v) is 5.67. The van der Waals surface area contributed by atoms with Crippen molar-refractivity contribution < 1.29 is 9.90 Å². The van der Waals surface area contributed by atoms with E-state index in [1.54, 1.807) is 0 Å². The summed E-state index contributed by atoms with van der Waals surface area (Å²) >= 11 is 0. The van der Waals surface area contributed by atoms with Gasteiger partial charge in [-0.2, -0.15) is 0 Å². The molecule has 2 nitrogen and oxygen atoms in total. The second-order valence-electron chi connectivity index (χ2n) is 7.86. The molecule has 148 valence electrons. The third-order valence-electron chi connectivity index (χ3n) is 5.67. The summed E-state index contributed by atoms with van der Waals surface area (Å²) in [6.07, 6.45) is 16.5. The smallest absolute Gasteiger partial charge is 0.310 e. The first-order chi connectivity index (χ1) is 12.6. The first-order valence-corrected chi connectivity index (χ1v) is 10.9. The Morgan fingerprint density at radius 1 is 0.846 bits per heavy atom. The van der Waals surface area contributed by atoms with Crippen molar-refractivity contribution in [3.05, 3.63) is 34.9 Å². The van der Waals surface area contributed by atoms with Gasteiger partial charge >= 0.3 is 5.97 Å². The van der Waals surface area contributed by atoms with Crippen molar-refractivity contribution in [3.8, 4) is 0 Å². The Balaban J connectivity index is 2.15. The number of benzene rings is 1. The molecular formula is C24H40O2. The van der Waals surface area contributed by atoms with Crippen LogP contribution in [0.3, 0.4) is 0 Å². The number of carbonyl (C=O) groups is 1. The molecule has 0 aliphatic heterocycles. The number of hydrogen-bond acceptors (Lipinski definition) is 1. The van der Waals surface area contributed by atoms with Crippen molar-refractivity contribution in [2.45, 2.75) is 110 Å². The third kappa shape index (κ3) is 8.87. The Morgan fingerprint density at radius 2 is 1.35 bits per heavy atom. The van der Waals surface area contributed by atoms with Crippen molar-refractivity contribution in [1.82, 2.24) is 0 Å². The van der Waals surface area contributed by atoms with Gasteiger partial charge in [-0.05, 0) is 37.0 Å². The predicted molar refractivity (Wildman–Crippen MR) is 112 cm³/mol. The SMILES string of the molecule is CCCCCCCCCCCCCCC(C(=O)O)c1cccc(C)c1C.